The molecule has 2 aliphatic rings. The van der Waals surface area contributed by atoms with E-state index in [0.29, 0.717) is 34.5 Å². The second kappa shape index (κ2) is 32.9. The van der Waals surface area contributed by atoms with Crippen LogP contribution in [0.3, 0.4) is 0 Å². The van der Waals surface area contributed by atoms with Crippen LogP contribution < -0.4 is 11.1 Å². The van der Waals surface area contributed by atoms with E-state index in [1.807, 2.05) is 0 Å². The van der Waals surface area contributed by atoms with Gasteiger partial charge in [0.25, 0.3) is 11.1 Å². The molecule has 0 bridgehead atoms. The Kier molecular flexibility index (Phi) is 13.9. The highest BCUT2D eigenvalue weighted by molar-refractivity contribution is 7.98. The molecule has 2 heterocycles. The number of likely N-dealkylation sites (N-methyl/N-ethyl adjacent to an activating group) is 2. The number of benzene rings is 6. The lowest BCUT2D eigenvalue weighted by atomic mass is 9.98. The van der Waals surface area contributed by atoms with Gasteiger partial charge in [-0.3, -0.25) is 19.2 Å². The van der Waals surface area contributed by atoms with Crippen LogP contribution in [0.4, 0.5) is 35.1 Å². The maximum Gasteiger partial charge on any atom is 0.416 e. The van der Waals surface area contributed by atoms with Crippen molar-refractivity contribution >= 4 is 35.3 Å². The molecular weight excluding hydrogens is 1280 g/mol. The quantitative estimate of drug-likeness (QED) is 0.0295. The molecule has 12 nitrogen and oxygen atoms in total. The fraction of sp³-hybridized carbons (Fsp3) is 0.378. The van der Waals surface area contributed by atoms with Crippen LogP contribution >= 0.6 is 23.5 Å². The van der Waals surface area contributed by atoms with Crippen LogP contribution in [0.1, 0.15) is 146 Å². The Labute approximate surface area is 608 Å². The molecule has 1 unspecified atom stereocenters. The number of alkyl halides is 6. The Morgan fingerprint density at radius 1 is 0.573 bits per heavy atom. The number of aromatic nitrogens is 4. The largest absolute Gasteiger partial charge is 0.416 e. The Morgan fingerprint density at radius 2 is 1.03 bits per heavy atom. The fourth-order valence-corrected chi connectivity index (χ4v) is 11.1. The van der Waals surface area contributed by atoms with Crippen molar-refractivity contribution in [3.8, 4) is 22.3 Å². The van der Waals surface area contributed by atoms with Crippen molar-refractivity contribution < 1.29 is 88.6 Å². The van der Waals surface area contributed by atoms with E-state index in [0.717, 1.165) is 52.5 Å². The number of thioether (sulfide) groups is 2. The van der Waals surface area contributed by atoms with Gasteiger partial charge in [-0.05, 0) is 163 Å². The first-order valence-corrected chi connectivity index (χ1v) is 31.4. The predicted molar refractivity (Wildman–Crippen MR) is 362 cm³/mol. The molecule has 508 valence electrons. The molecule has 0 saturated carbocycles. The summed E-state index contributed by atoms with van der Waals surface area (Å²) in [7, 11) is 0. The summed E-state index contributed by atoms with van der Waals surface area (Å²) >= 11 is 0.982. The summed E-state index contributed by atoms with van der Waals surface area (Å²) < 4.78 is 391. The van der Waals surface area contributed by atoms with Crippen LogP contribution in [0.5, 0.6) is 0 Å². The van der Waals surface area contributed by atoms with Gasteiger partial charge in [-0.25, -0.2) is 8.78 Å². The lowest BCUT2D eigenvalue weighted by molar-refractivity contribution is -0.138. The van der Waals surface area contributed by atoms with Crippen molar-refractivity contribution in [1.29, 1.82) is 0 Å². The van der Waals surface area contributed by atoms with Gasteiger partial charge in [-0.1, -0.05) is 155 Å². The van der Waals surface area contributed by atoms with E-state index in [-0.39, 0.29) is 81.9 Å². The minimum absolute atomic E-state index is 0.0774. The Morgan fingerprint density at radius 3 is 1.52 bits per heavy atom. The van der Waals surface area contributed by atoms with Gasteiger partial charge in [-0.2, -0.15) is 36.3 Å². The summed E-state index contributed by atoms with van der Waals surface area (Å²) in [6.45, 7) is -17.0. The molecule has 2 aliphatic carbocycles. The van der Waals surface area contributed by atoms with E-state index in [4.69, 9.17) is 32.9 Å². The first kappa shape index (κ1) is 40.7. The van der Waals surface area contributed by atoms with Gasteiger partial charge < -0.3 is 28.7 Å². The third-order valence-electron chi connectivity index (χ3n) is 14.3. The second-order valence-electron chi connectivity index (χ2n) is 20.7. The van der Waals surface area contributed by atoms with E-state index in [9.17, 15) is 65.3 Å². The molecule has 0 spiro atoms. The predicted octanol–water partition coefficient (Wildman–Crippen LogP) is 15.0. The molecule has 2 aromatic heterocycles. The first-order chi connectivity index (χ1) is 58.6. The standard InChI is InChI=1S/2C37H40F4N4O2S/c1-4-43(5-2)18-19-44(22-26-6-10-28(11-7-26)29-12-14-30(15-13-29)37(39,40)41)34(46)23-45-33-21-25(3)20-32(33)35(47)42-36(45)48-24-27-8-16-31(38)17-9-27;1-4-43(5-2)19-20-44(22-26-9-13-28(14-10-26)29-15-18-32(25(3)21-29)37(39,40)41)34(46)23-45-33-8-6-7-31(33)35(47)42-36(45)48-24-27-11-16-30(38)17-12-27/h6-17,25H,4-5,18-24H2,1-3H3;9-18,21H,4-8,19-20,22-24H2,1-3H3/i8D,9D,16D,17D,18D2,19D2,20D2,21D2,22D2,25D;9D,10D,11D,12D,13D,14D,15D,16D,17D,18D,19D2,20D2,21D,22D2. The summed E-state index contributed by atoms with van der Waals surface area (Å²) in [6.07, 6.45) is -15.5. The summed E-state index contributed by atoms with van der Waals surface area (Å²) in [4.78, 5) is 66.1. The average Bonchev–Trinajstić information content (AvgIpc) is 1.51. The smallest absolute Gasteiger partial charge is 0.336 e. The van der Waals surface area contributed by atoms with Gasteiger partial charge in [0.2, 0.25) is 11.8 Å². The highest BCUT2D eigenvalue weighted by Crippen LogP contribution is 2.36. The van der Waals surface area contributed by atoms with Crippen LogP contribution in [0.25, 0.3) is 22.3 Å². The van der Waals surface area contributed by atoms with Crippen molar-refractivity contribution in [3.05, 3.63) is 233 Å². The van der Waals surface area contributed by atoms with E-state index < -0.39 is 281 Å². The molecule has 0 N–H and O–H groups in total. The van der Waals surface area contributed by atoms with Gasteiger partial charge in [0.1, 0.15) is 24.7 Å². The lowest BCUT2D eigenvalue weighted by Gasteiger charge is -2.28. The van der Waals surface area contributed by atoms with Crippen molar-refractivity contribution in [3.63, 3.8) is 0 Å². The highest BCUT2D eigenvalue weighted by Gasteiger charge is 2.34. The van der Waals surface area contributed by atoms with E-state index >= 15 is 0 Å². The van der Waals surface area contributed by atoms with E-state index in [1.54, 1.807) is 0 Å². The van der Waals surface area contributed by atoms with E-state index in [2.05, 4.69) is 9.97 Å². The number of fused-ring (bicyclic) bond motifs is 2. The molecule has 0 aliphatic heterocycles. The Bertz CT molecular complexity index is 5750. The number of amides is 2. The molecule has 0 fully saturated rings. The third-order valence-corrected chi connectivity index (χ3v) is 16.3. The van der Waals surface area contributed by atoms with E-state index in [1.165, 1.54) is 52.0 Å². The molecule has 22 heteroatoms. The number of hydrogen-bond donors (Lipinski definition) is 0. The lowest BCUT2D eigenvalue weighted by Crippen LogP contribution is -2.40. The number of carbonyl (C=O) groups excluding carboxylic acids is 2. The molecule has 0 saturated heterocycles. The SMILES string of the molecule is [2H]c1c([2H])c(CSc2nc(=O)c3c(n2CC(=O)N(C([2H])([2H])c2c([2H])c([2H])c(-c4c([2H])c([2H])c(C(F)(F)F)c(C)c4[2H])c([2H])c2[2H])C([2H])([2H])C([2H])([2H])N(CC)CC)CCC3)c([2H])c([2H])c1F.[2H]c1c([2H])c(CSc2nc(=O)c3c(n2CC(=O)N(C([2H])([2H])c2ccc(-c4ccc(C(F)(F)F)cc4)cc2)C([2H])([2H])C([2H])([2H])N(CC)CC)C([2H])([2H])C([2H])(C)C3([2H])[2H])c([2H])c([2H])c1F. The molecule has 96 heavy (non-hydrogen) atoms. The van der Waals surface area contributed by atoms with Gasteiger partial charge in [0.15, 0.2) is 10.3 Å². The Hall–Kier alpha value is -7.92. The fourth-order valence-electron chi connectivity index (χ4n) is 9.31. The summed E-state index contributed by atoms with van der Waals surface area (Å²) in [6, 6.07) is -7.68. The summed E-state index contributed by atoms with van der Waals surface area (Å²) in [5.41, 5.74) is -11.3. The topological polar surface area (TPSA) is 117 Å². The van der Waals surface area contributed by atoms with Gasteiger partial charge in [-0.15, -0.1) is 0 Å². The molecular formula is C74H80F8N8O4S2. The molecule has 0 radical (unpaired) electrons. The monoisotopic (exact) mass is 1390 g/mol. The van der Waals surface area contributed by atoms with Crippen molar-refractivity contribution in [2.75, 3.05) is 52.2 Å². The van der Waals surface area contributed by atoms with Crippen LogP contribution in [0, 0.1) is 24.5 Å². The van der Waals surface area contributed by atoms with Gasteiger partial charge >= 0.3 is 12.4 Å². The van der Waals surface area contributed by atoms with Crippen LogP contribution in [-0.2, 0) is 85.1 Å². The zero-order valence-corrected chi connectivity index (χ0v) is 53.6. The summed E-state index contributed by atoms with van der Waals surface area (Å²) in [5.74, 6) is -10.1. The molecule has 8 aromatic rings. The zero-order chi connectivity index (χ0) is 97.2. The van der Waals surface area contributed by atoms with Crippen LogP contribution in [0.2, 0.25) is 0 Å². The molecule has 1 atom stereocenters. The zero-order valence-electron chi connectivity index (χ0n) is 83.9. The Balaban J connectivity index is 0.000000289. The number of carbonyl (C=O) groups is 2. The average molecular weight is 1390 g/mol. The minimum Gasteiger partial charge on any atom is -0.336 e. The minimum atomic E-state index is -5.21. The maximum atomic E-state index is 14.9. The normalized spacial score (nSPS) is 21.1. The molecule has 10 rings (SSSR count). The van der Waals surface area contributed by atoms with Crippen molar-refractivity contribution in [1.82, 2.24) is 38.7 Å². The second-order valence-corrected chi connectivity index (χ2v) is 22.6. The third kappa shape index (κ3) is 19.0. The van der Waals surface area contributed by atoms with Crippen molar-refractivity contribution in [2.45, 2.75) is 134 Å². The van der Waals surface area contributed by atoms with Gasteiger partial charge in [0, 0.05) is 85.3 Å². The van der Waals surface area contributed by atoms with Crippen molar-refractivity contribution in [2.24, 2.45) is 5.89 Å². The summed E-state index contributed by atoms with van der Waals surface area (Å²) in [5, 5.41) is -1.02. The number of hydrogen-bond acceptors (Lipinski definition) is 10. The van der Waals surface area contributed by atoms with Crippen LogP contribution in [0.15, 0.2) is 159 Å². The maximum absolute atomic E-state index is 14.9. The van der Waals surface area contributed by atoms with Gasteiger partial charge in [0.05, 0.1) is 42.7 Å². The molecule has 2 amide bonds. The first-order valence-electron chi connectivity index (χ1n) is 45.4. The molecule has 6 aromatic carbocycles. The number of halogens is 8. The number of nitrogens with zero attached hydrogens (tertiary/aromatic N) is 8. The van der Waals surface area contributed by atoms with Crippen LogP contribution in [-0.4, -0.2) is 103 Å². The number of rotatable bonds is 26. The highest BCUT2D eigenvalue weighted by atomic mass is 32.2.